The van der Waals surface area contributed by atoms with Crippen LogP contribution in [0.25, 0.3) is 0 Å². The van der Waals surface area contributed by atoms with Crippen molar-refractivity contribution in [2.75, 3.05) is 7.11 Å². The summed E-state index contributed by atoms with van der Waals surface area (Å²) in [5, 5.41) is 1.89. The summed E-state index contributed by atoms with van der Waals surface area (Å²) in [6.45, 7) is 1.92. The molecule has 0 amide bonds. The smallest absolute Gasteiger partial charge is 0.134 e. The zero-order valence-corrected chi connectivity index (χ0v) is 10.6. The molecule has 0 aliphatic carbocycles. The van der Waals surface area contributed by atoms with Gasteiger partial charge < -0.3 is 10.5 Å². The van der Waals surface area contributed by atoms with Crippen molar-refractivity contribution in [1.82, 2.24) is 0 Å². The largest absolute Gasteiger partial charge is 0.496 e. The third kappa shape index (κ3) is 2.33. The highest BCUT2D eigenvalue weighted by Crippen LogP contribution is 2.34. The van der Waals surface area contributed by atoms with E-state index in [0.717, 1.165) is 10.4 Å². The van der Waals surface area contributed by atoms with Crippen molar-refractivity contribution >= 4 is 11.3 Å². The second-order valence-electron chi connectivity index (χ2n) is 3.86. The molecule has 2 nitrogen and oxygen atoms in total. The molecule has 1 unspecified atom stereocenters. The lowest BCUT2D eigenvalue weighted by Gasteiger charge is -2.13. The van der Waals surface area contributed by atoms with Crippen LogP contribution in [0, 0.1) is 12.7 Å². The van der Waals surface area contributed by atoms with Crippen molar-refractivity contribution in [2.24, 2.45) is 5.73 Å². The number of ether oxygens (including phenoxy) is 1. The van der Waals surface area contributed by atoms with Crippen LogP contribution in [0.5, 0.6) is 5.75 Å². The van der Waals surface area contributed by atoms with Crippen molar-refractivity contribution in [2.45, 2.75) is 13.0 Å². The summed E-state index contributed by atoms with van der Waals surface area (Å²) in [4.78, 5) is 0.844. The molecule has 17 heavy (non-hydrogen) atoms. The first-order valence-corrected chi connectivity index (χ1v) is 6.14. The molecule has 90 valence electrons. The fourth-order valence-electron chi connectivity index (χ4n) is 1.75. The second-order valence-corrected chi connectivity index (χ2v) is 4.80. The summed E-state index contributed by atoms with van der Waals surface area (Å²) >= 11 is 1.47. The molecule has 4 heteroatoms. The molecule has 0 saturated carbocycles. The fourth-order valence-corrected chi connectivity index (χ4v) is 2.63. The highest BCUT2D eigenvalue weighted by Gasteiger charge is 2.18. The van der Waals surface area contributed by atoms with Gasteiger partial charge in [0, 0.05) is 5.56 Å². The normalized spacial score (nSPS) is 12.5. The Morgan fingerprint density at radius 2 is 2.12 bits per heavy atom. The first-order valence-electron chi connectivity index (χ1n) is 5.26. The molecule has 0 radical (unpaired) electrons. The molecule has 1 atom stereocenters. The minimum absolute atomic E-state index is 0.279. The average Bonchev–Trinajstić information content (AvgIpc) is 2.79. The van der Waals surface area contributed by atoms with E-state index in [1.165, 1.54) is 17.4 Å². The van der Waals surface area contributed by atoms with Crippen LogP contribution in [0.4, 0.5) is 4.39 Å². The van der Waals surface area contributed by atoms with Crippen LogP contribution in [0.15, 0.2) is 29.6 Å². The van der Waals surface area contributed by atoms with E-state index in [9.17, 15) is 4.39 Å². The van der Waals surface area contributed by atoms with E-state index >= 15 is 0 Å². The number of aryl methyl sites for hydroxylation is 1. The summed E-state index contributed by atoms with van der Waals surface area (Å²) in [5.74, 6) is 0.432. The SMILES string of the molecule is COc1ccsc1C(N)c1cc(C)ccc1F. The minimum Gasteiger partial charge on any atom is -0.496 e. The molecule has 2 aromatic rings. The maximum absolute atomic E-state index is 13.7. The van der Waals surface area contributed by atoms with E-state index in [4.69, 9.17) is 10.5 Å². The molecule has 1 aromatic heterocycles. The molecule has 0 aliphatic rings. The number of methoxy groups -OCH3 is 1. The lowest BCUT2D eigenvalue weighted by molar-refractivity contribution is 0.410. The second kappa shape index (κ2) is 4.85. The molecule has 0 aliphatic heterocycles. The predicted molar refractivity (Wildman–Crippen MR) is 68.0 cm³/mol. The molecule has 1 heterocycles. The maximum Gasteiger partial charge on any atom is 0.134 e. The van der Waals surface area contributed by atoms with Crippen molar-refractivity contribution in [3.05, 3.63) is 51.5 Å². The summed E-state index contributed by atoms with van der Waals surface area (Å²) in [6, 6.07) is 6.32. The van der Waals surface area contributed by atoms with Crippen LogP contribution in [0.3, 0.4) is 0 Å². The van der Waals surface area contributed by atoms with Crippen LogP contribution in [0.2, 0.25) is 0 Å². The summed E-state index contributed by atoms with van der Waals surface area (Å²) in [6.07, 6.45) is 0. The van der Waals surface area contributed by atoms with Gasteiger partial charge in [0.1, 0.15) is 11.6 Å². The molecule has 1 aromatic carbocycles. The molecular weight excluding hydrogens is 237 g/mol. The van der Waals surface area contributed by atoms with Gasteiger partial charge in [0.15, 0.2) is 0 Å². The standard InChI is InChI=1S/C13H14FNOS/c1-8-3-4-10(14)9(7-8)12(15)13-11(16-2)5-6-17-13/h3-7,12H,15H2,1-2H3. The summed E-state index contributed by atoms with van der Waals surface area (Å²) < 4.78 is 18.9. The van der Waals surface area contributed by atoms with E-state index in [0.29, 0.717) is 11.3 Å². The van der Waals surface area contributed by atoms with E-state index in [1.54, 1.807) is 19.2 Å². The topological polar surface area (TPSA) is 35.2 Å². The zero-order chi connectivity index (χ0) is 12.4. The highest BCUT2D eigenvalue weighted by atomic mass is 32.1. The average molecular weight is 251 g/mol. The van der Waals surface area contributed by atoms with Gasteiger partial charge in [0.05, 0.1) is 18.0 Å². The van der Waals surface area contributed by atoms with Crippen LogP contribution in [-0.4, -0.2) is 7.11 Å². The number of benzene rings is 1. The van der Waals surface area contributed by atoms with Gasteiger partial charge in [0.25, 0.3) is 0 Å². The fraction of sp³-hybridized carbons (Fsp3) is 0.231. The summed E-state index contributed by atoms with van der Waals surface area (Å²) in [7, 11) is 1.59. The number of halogens is 1. The van der Waals surface area contributed by atoms with Gasteiger partial charge in [-0.15, -0.1) is 11.3 Å². The molecule has 0 fully saturated rings. The lowest BCUT2D eigenvalue weighted by atomic mass is 10.0. The first-order chi connectivity index (χ1) is 8.13. The molecule has 0 bridgehead atoms. The lowest BCUT2D eigenvalue weighted by Crippen LogP contribution is -2.13. The van der Waals surface area contributed by atoms with E-state index in [-0.39, 0.29) is 5.82 Å². The molecule has 2 rings (SSSR count). The Labute approximate surface area is 104 Å². The first kappa shape index (κ1) is 12.1. The zero-order valence-electron chi connectivity index (χ0n) is 9.74. The van der Waals surface area contributed by atoms with Gasteiger partial charge in [-0.05, 0) is 24.4 Å². The maximum atomic E-state index is 13.7. The Morgan fingerprint density at radius 3 is 2.82 bits per heavy atom. The van der Waals surface area contributed by atoms with Gasteiger partial charge in [-0.3, -0.25) is 0 Å². The molecule has 0 saturated heterocycles. The van der Waals surface area contributed by atoms with Gasteiger partial charge >= 0.3 is 0 Å². The molecule has 2 N–H and O–H groups in total. The minimum atomic E-state index is -0.482. The number of thiophene rings is 1. The highest BCUT2D eigenvalue weighted by molar-refractivity contribution is 7.10. The Morgan fingerprint density at radius 1 is 1.35 bits per heavy atom. The van der Waals surface area contributed by atoms with Crippen molar-refractivity contribution in [3.8, 4) is 5.75 Å². The predicted octanol–water partition coefficient (Wildman–Crippen LogP) is 3.25. The number of nitrogens with two attached hydrogens (primary N) is 1. The summed E-state index contributed by atoms with van der Waals surface area (Å²) in [5.41, 5.74) is 7.60. The Bertz CT molecular complexity index is 524. The third-order valence-electron chi connectivity index (χ3n) is 2.65. The molecular formula is C13H14FNOS. The van der Waals surface area contributed by atoms with Gasteiger partial charge in [0.2, 0.25) is 0 Å². The Hall–Kier alpha value is -1.39. The third-order valence-corrected chi connectivity index (χ3v) is 3.63. The van der Waals surface area contributed by atoms with E-state index < -0.39 is 6.04 Å². The Balaban J connectivity index is 2.43. The van der Waals surface area contributed by atoms with Gasteiger partial charge in [-0.1, -0.05) is 17.7 Å². The number of hydrogen-bond acceptors (Lipinski definition) is 3. The van der Waals surface area contributed by atoms with Gasteiger partial charge in [-0.25, -0.2) is 4.39 Å². The van der Waals surface area contributed by atoms with Crippen molar-refractivity contribution in [1.29, 1.82) is 0 Å². The van der Waals surface area contributed by atoms with Crippen LogP contribution < -0.4 is 10.5 Å². The number of hydrogen-bond donors (Lipinski definition) is 1. The van der Waals surface area contributed by atoms with Gasteiger partial charge in [-0.2, -0.15) is 0 Å². The van der Waals surface area contributed by atoms with Crippen molar-refractivity contribution in [3.63, 3.8) is 0 Å². The monoisotopic (exact) mass is 251 g/mol. The molecule has 0 spiro atoms. The quantitative estimate of drug-likeness (QED) is 0.908. The number of rotatable bonds is 3. The van der Waals surface area contributed by atoms with Crippen molar-refractivity contribution < 1.29 is 9.13 Å². The van der Waals surface area contributed by atoms with E-state index in [2.05, 4.69) is 0 Å². The van der Waals surface area contributed by atoms with E-state index in [1.807, 2.05) is 18.4 Å². The van der Waals surface area contributed by atoms with Crippen LogP contribution >= 0.6 is 11.3 Å². The van der Waals surface area contributed by atoms with Crippen LogP contribution in [-0.2, 0) is 0 Å². The van der Waals surface area contributed by atoms with Crippen LogP contribution in [0.1, 0.15) is 22.0 Å². The Kier molecular flexibility index (Phi) is 3.45.